The van der Waals surface area contributed by atoms with Crippen LogP contribution in [0.1, 0.15) is 24.0 Å². The van der Waals surface area contributed by atoms with Crippen LogP contribution in [0.4, 0.5) is 5.69 Å². The molecule has 1 aliphatic rings. The van der Waals surface area contributed by atoms with Gasteiger partial charge in [0.2, 0.25) is 5.91 Å². The summed E-state index contributed by atoms with van der Waals surface area (Å²) in [4.78, 5) is 26.0. The Kier molecular flexibility index (Phi) is 7.50. The molecule has 0 aromatic heterocycles. The maximum atomic E-state index is 12.5. The molecule has 2 aromatic rings. The number of hydrogen-bond donors (Lipinski definition) is 4. The first-order chi connectivity index (χ1) is 15.0. The molecule has 0 spiro atoms. The number of aromatic hydroxyl groups is 1. The first-order valence-corrected chi connectivity index (χ1v) is 10.1. The molecular formula is C23H27N3O5. The Morgan fingerprint density at radius 1 is 1.19 bits per heavy atom. The number of nitrogens with zero attached hydrogens (tertiary/aromatic N) is 1. The lowest BCUT2D eigenvalue weighted by Gasteiger charge is -2.34. The molecule has 8 nitrogen and oxygen atoms in total. The highest BCUT2D eigenvalue weighted by Gasteiger charge is 2.22. The van der Waals surface area contributed by atoms with Gasteiger partial charge < -0.3 is 20.1 Å². The third kappa shape index (κ3) is 5.99. The Hall–Kier alpha value is -3.52. The van der Waals surface area contributed by atoms with Crippen molar-refractivity contribution in [3.05, 3.63) is 59.7 Å². The van der Waals surface area contributed by atoms with Gasteiger partial charge in [-0.1, -0.05) is 24.3 Å². The molecule has 164 valence electrons. The van der Waals surface area contributed by atoms with Crippen LogP contribution in [0, 0.1) is 0 Å². The Labute approximate surface area is 181 Å². The standard InChI is InChI=1S/C23H27N3O5/c1-31-21-14-16(6-8-20(21)27)15-23(29)24-18-10-12-26(13-11-18)19-5-3-2-4-17(19)7-9-22(28)25-30/h2-9,14,18,27,30H,10-13,15H2,1H3,(H,24,29)(H,25,28)/b9-7+. The number of carbonyl (C=O) groups excluding carboxylic acids is 2. The van der Waals surface area contributed by atoms with Gasteiger partial charge in [-0.05, 0) is 48.2 Å². The van der Waals surface area contributed by atoms with E-state index in [2.05, 4.69) is 10.2 Å². The van der Waals surface area contributed by atoms with Gasteiger partial charge in [-0.25, -0.2) is 5.48 Å². The fourth-order valence-corrected chi connectivity index (χ4v) is 3.68. The Bertz CT molecular complexity index is 952. The SMILES string of the molecule is COc1cc(CC(=O)NC2CCN(c3ccccc3/C=C/C(=O)NO)CC2)ccc1O. The first kappa shape index (κ1) is 22.2. The van der Waals surface area contributed by atoms with Gasteiger partial charge in [-0.3, -0.25) is 14.8 Å². The molecular weight excluding hydrogens is 398 g/mol. The lowest BCUT2D eigenvalue weighted by Crippen LogP contribution is -2.45. The van der Waals surface area contributed by atoms with Crippen LogP contribution in [0.25, 0.3) is 6.08 Å². The van der Waals surface area contributed by atoms with Crippen LogP contribution < -0.4 is 20.4 Å². The molecule has 3 rings (SSSR count). The van der Waals surface area contributed by atoms with Crippen LogP contribution in [0.2, 0.25) is 0 Å². The van der Waals surface area contributed by atoms with Gasteiger partial charge in [0, 0.05) is 30.9 Å². The summed E-state index contributed by atoms with van der Waals surface area (Å²) in [6.07, 6.45) is 4.78. The number of nitrogens with one attached hydrogen (secondary N) is 2. The van der Waals surface area contributed by atoms with Crippen LogP contribution in [0.15, 0.2) is 48.5 Å². The van der Waals surface area contributed by atoms with Gasteiger partial charge >= 0.3 is 0 Å². The lowest BCUT2D eigenvalue weighted by molar-refractivity contribution is -0.124. The topological polar surface area (TPSA) is 111 Å². The highest BCUT2D eigenvalue weighted by molar-refractivity contribution is 5.91. The zero-order chi connectivity index (χ0) is 22.2. The van der Waals surface area contributed by atoms with E-state index in [1.807, 2.05) is 24.3 Å². The molecule has 0 unspecified atom stereocenters. The predicted octanol–water partition coefficient (Wildman–Crippen LogP) is 2.25. The summed E-state index contributed by atoms with van der Waals surface area (Å²) >= 11 is 0. The zero-order valence-corrected chi connectivity index (χ0v) is 17.4. The molecule has 0 aliphatic carbocycles. The van der Waals surface area contributed by atoms with Crippen molar-refractivity contribution < 1.29 is 24.6 Å². The highest BCUT2D eigenvalue weighted by atomic mass is 16.5. The van der Waals surface area contributed by atoms with Crippen LogP contribution in [-0.2, 0) is 16.0 Å². The number of benzene rings is 2. The van der Waals surface area contributed by atoms with E-state index in [4.69, 9.17) is 9.94 Å². The largest absolute Gasteiger partial charge is 0.504 e. The second-order valence-electron chi connectivity index (χ2n) is 7.38. The minimum Gasteiger partial charge on any atom is -0.504 e. The molecule has 0 saturated carbocycles. The number of methoxy groups -OCH3 is 1. The van der Waals surface area contributed by atoms with Gasteiger partial charge in [0.1, 0.15) is 0 Å². The second kappa shape index (κ2) is 10.5. The van der Waals surface area contributed by atoms with Crippen LogP contribution in [0.5, 0.6) is 11.5 Å². The van der Waals surface area contributed by atoms with Crippen molar-refractivity contribution in [1.29, 1.82) is 0 Å². The number of amides is 2. The first-order valence-electron chi connectivity index (χ1n) is 10.1. The Balaban J connectivity index is 1.55. The number of rotatable bonds is 7. The van der Waals surface area contributed by atoms with Crippen LogP contribution in [-0.4, -0.2) is 48.4 Å². The molecule has 0 atom stereocenters. The summed E-state index contributed by atoms with van der Waals surface area (Å²) in [5.74, 6) is -0.249. The van der Waals surface area contributed by atoms with Crippen molar-refractivity contribution in [2.24, 2.45) is 0 Å². The molecule has 31 heavy (non-hydrogen) atoms. The van der Waals surface area contributed by atoms with Gasteiger partial charge in [-0.15, -0.1) is 0 Å². The summed E-state index contributed by atoms with van der Waals surface area (Å²) < 4.78 is 5.09. The van der Waals surface area contributed by atoms with Crippen molar-refractivity contribution in [3.63, 3.8) is 0 Å². The number of carbonyl (C=O) groups is 2. The van der Waals surface area contributed by atoms with E-state index in [1.165, 1.54) is 19.3 Å². The van der Waals surface area contributed by atoms with Crippen molar-refractivity contribution >= 4 is 23.6 Å². The predicted molar refractivity (Wildman–Crippen MR) is 117 cm³/mol. The number of hydroxylamine groups is 1. The minimum absolute atomic E-state index is 0.0474. The normalized spacial score (nSPS) is 14.5. The van der Waals surface area contributed by atoms with Gasteiger partial charge in [0.25, 0.3) is 5.91 Å². The number of phenols is 1. The van der Waals surface area contributed by atoms with Gasteiger partial charge in [0.15, 0.2) is 11.5 Å². The summed E-state index contributed by atoms with van der Waals surface area (Å²) in [5.41, 5.74) is 4.25. The van der Waals surface area contributed by atoms with Gasteiger partial charge in [0.05, 0.1) is 13.5 Å². The van der Waals surface area contributed by atoms with Crippen molar-refractivity contribution in [2.75, 3.05) is 25.1 Å². The molecule has 1 fully saturated rings. The molecule has 2 amide bonds. The molecule has 2 aromatic carbocycles. The number of ether oxygens (including phenoxy) is 1. The maximum absolute atomic E-state index is 12.5. The second-order valence-corrected chi connectivity index (χ2v) is 7.38. The molecule has 1 saturated heterocycles. The summed E-state index contributed by atoms with van der Waals surface area (Å²) in [6.45, 7) is 1.55. The zero-order valence-electron chi connectivity index (χ0n) is 17.4. The number of para-hydroxylation sites is 1. The third-order valence-corrected chi connectivity index (χ3v) is 5.27. The quantitative estimate of drug-likeness (QED) is 0.308. The monoisotopic (exact) mass is 425 g/mol. The van der Waals surface area contributed by atoms with Crippen molar-refractivity contribution in [3.8, 4) is 11.5 Å². The van der Waals surface area contributed by atoms with Crippen LogP contribution >= 0.6 is 0 Å². The fourth-order valence-electron chi connectivity index (χ4n) is 3.68. The van der Waals surface area contributed by atoms with Crippen LogP contribution in [0.3, 0.4) is 0 Å². The third-order valence-electron chi connectivity index (χ3n) is 5.27. The molecule has 0 bridgehead atoms. The number of phenolic OH excluding ortho intramolecular Hbond substituents is 1. The van der Waals surface area contributed by atoms with Crippen molar-refractivity contribution in [2.45, 2.75) is 25.3 Å². The fraction of sp³-hybridized carbons (Fsp3) is 0.304. The number of anilines is 1. The highest BCUT2D eigenvalue weighted by Crippen LogP contribution is 2.27. The average Bonchev–Trinajstić information content (AvgIpc) is 2.79. The van der Waals surface area contributed by atoms with E-state index in [-0.39, 0.29) is 24.1 Å². The maximum Gasteiger partial charge on any atom is 0.267 e. The number of piperidine rings is 1. The molecule has 1 aliphatic heterocycles. The minimum atomic E-state index is -0.581. The molecule has 8 heteroatoms. The molecule has 0 radical (unpaired) electrons. The summed E-state index contributed by atoms with van der Waals surface area (Å²) in [5, 5.41) is 21.4. The smallest absolute Gasteiger partial charge is 0.267 e. The average molecular weight is 425 g/mol. The van der Waals surface area contributed by atoms with E-state index < -0.39 is 5.91 Å². The molecule has 1 heterocycles. The van der Waals surface area contributed by atoms with Crippen molar-refractivity contribution in [1.82, 2.24) is 10.8 Å². The number of hydrogen-bond acceptors (Lipinski definition) is 6. The van der Waals surface area contributed by atoms with E-state index >= 15 is 0 Å². The van der Waals surface area contributed by atoms with E-state index in [0.29, 0.717) is 5.75 Å². The summed E-state index contributed by atoms with van der Waals surface area (Å²) in [6, 6.07) is 12.7. The lowest BCUT2D eigenvalue weighted by atomic mass is 10.0. The van der Waals surface area contributed by atoms with E-state index in [0.717, 1.165) is 42.7 Å². The van der Waals surface area contributed by atoms with E-state index in [1.54, 1.807) is 23.7 Å². The Morgan fingerprint density at radius 3 is 2.65 bits per heavy atom. The molecule has 4 N–H and O–H groups in total. The summed E-state index contributed by atoms with van der Waals surface area (Å²) in [7, 11) is 1.47. The van der Waals surface area contributed by atoms with Gasteiger partial charge in [-0.2, -0.15) is 0 Å². The Morgan fingerprint density at radius 2 is 1.94 bits per heavy atom. The van der Waals surface area contributed by atoms with E-state index in [9.17, 15) is 14.7 Å².